The second-order valence-corrected chi connectivity index (χ2v) is 5.99. The Labute approximate surface area is 120 Å². The van der Waals surface area contributed by atoms with Crippen LogP contribution < -0.4 is 0 Å². The van der Waals surface area contributed by atoms with Crippen molar-refractivity contribution in [3.8, 4) is 0 Å². The van der Waals surface area contributed by atoms with Gasteiger partial charge in [-0.15, -0.1) is 0 Å². The molecule has 0 bridgehead atoms. The van der Waals surface area contributed by atoms with Crippen LogP contribution >= 0.6 is 0 Å². The molecule has 1 saturated heterocycles. The molecule has 0 saturated carbocycles. The van der Waals surface area contributed by atoms with Crippen molar-refractivity contribution in [3.63, 3.8) is 0 Å². The molecule has 0 aromatic carbocycles. The van der Waals surface area contributed by atoms with Gasteiger partial charge in [0.2, 0.25) is 17.7 Å². The van der Waals surface area contributed by atoms with Gasteiger partial charge in [-0.2, -0.15) is 0 Å². The van der Waals surface area contributed by atoms with Crippen molar-refractivity contribution < 1.29 is 14.4 Å². The molecule has 1 atom stereocenters. The highest BCUT2D eigenvalue weighted by atomic mass is 16.2. The van der Waals surface area contributed by atoms with E-state index in [0.717, 1.165) is 4.90 Å². The normalized spacial score (nSPS) is 19.6. The molecule has 1 rings (SSSR count). The number of rotatable bonds is 5. The molecular formula is C14H25N3O3. The Morgan fingerprint density at radius 1 is 1.20 bits per heavy atom. The molecule has 114 valence electrons. The molecule has 0 spiro atoms. The first-order valence-electron chi connectivity index (χ1n) is 6.98. The molecule has 1 heterocycles. The van der Waals surface area contributed by atoms with Gasteiger partial charge in [-0.1, -0.05) is 0 Å². The monoisotopic (exact) mass is 283 g/mol. The molecule has 1 fully saturated rings. The molecule has 1 aliphatic rings. The van der Waals surface area contributed by atoms with Crippen LogP contribution in [0.1, 0.15) is 34.1 Å². The van der Waals surface area contributed by atoms with Crippen LogP contribution in [0.3, 0.4) is 0 Å². The molecular weight excluding hydrogens is 258 g/mol. The van der Waals surface area contributed by atoms with Crippen LogP contribution in [-0.4, -0.2) is 71.2 Å². The zero-order valence-electron chi connectivity index (χ0n) is 13.2. The average molecular weight is 283 g/mol. The van der Waals surface area contributed by atoms with Gasteiger partial charge in [0, 0.05) is 12.1 Å². The van der Waals surface area contributed by atoms with Gasteiger partial charge in [-0.05, 0) is 41.8 Å². The van der Waals surface area contributed by atoms with Crippen molar-refractivity contribution in [2.75, 3.05) is 20.6 Å². The molecule has 3 amide bonds. The van der Waals surface area contributed by atoms with E-state index in [1.54, 1.807) is 23.9 Å². The number of hydrogen-bond acceptors (Lipinski definition) is 4. The molecule has 0 aromatic heterocycles. The second-order valence-electron chi connectivity index (χ2n) is 5.99. The summed E-state index contributed by atoms with van der Waals surface area (Å²) >= 11 is 0. The smallest absolute Gasteiger partial charge is 0.247 e. The lowest BCUT2D eigenvalue weighted by molar-refractivity contribution is -0.147. The summed E-state index contributed by atoms with van der Waals surface area (Å²) < 4.78 is 0. The van der Waals surface area contributed by atoms with Gasteiger partial charge in [0.25, 0.3) is 0 Å². The highest BCUT2D eigenvalue weighted by Crippen LogP contribution is 2.17. The van der Waals surface area contributed by atoms with Gasteiger partial charge in [0.1, 0.15) is 6.54 Å². The van der Waals surface area contributed by atoms with Gasteiger partial charge < -0.3 is 4.90 Å². The first-order valence-corrected chi connectivity index (χ1v) is 6.98. The minimum atomic E-state index is -0.443. The van der Waals surface area contributed by atoms with Gasteiger partial charge in [-0.3, -0.25) is 24.2 Å². The highest BCUT2D eigenvalue weighted by molar-refractivity contribution is 6.07. The molecule has 6 heteroatoms. The molecule has 0 unspecified atom stereocenters. The van der Waals surface area contributed by atoms with E-state index >= 15 is 0 Å². The Hall–Kier alpha value is -1.43. The summed E-state index contributed by atoms with van der Waals surface area (Å²) in [6.07, 6.45) is 0.155. The maximum atomic E-state index is 12.3. The van der Waals surface area contributed by atoms with Crippen LogP contribution in [0, 0.1) is 0 Å². The third-order valence-electron chi connectivity index (χ3n) is 3.54. The summed E-state index contributed by atoms with van der Waals surface area (Å²) in [7, 11) is 3.52. The molecule has 0 aromatic rings. The van der Waals surface area contributed by atoms with E-state index in [4.69, 9.17) is 0 Å². The van der Waals surface area contributed by atoms with E-state index in [2.05, 4.69) is 0 Å². The Bertz CT molecular complexity index is 396. The standard InChI is InChI=1S/C14H25N3O3/c1-9(2)17(10(3)4)13(19)8-16-12(18)7-11(14(16)20)15(5)6/h9-11H,7-8H2,1-6H3/t11-/m1/s1. The zero-order valence-corrected chi connectivity index (χ0v) is 13.2. The summed E-state index contributed by atoms with van der Waals surface area (Å²) in [5, 5.41) is 0. The Balaban J connectivity index is 2.80. The summed E-state index contributed by atoms with van der Waals surface area (Å²) in [4.78, 5) is 40.9. The Kier molecular flexibility index (Phi) is 5.28. The largest absolute Gasteiger partial charge is 0.336 e. The van der Waals surface area contributed by atoms with Gasteiger partial charge in [0.05, 0.1) is 12.5 Å². The Morgan fingerprint density at radius 3 is 2.05 bits per heavy atom. The van der Waals surface area contributed by atoms with E-state index in [1.165, 1.54) is 0 Å². The third-order valence-corrected chi connectivity index (χ3v) is 3.54. The van der Waals surface area contributed by atoms with Crippen molar-refractivity contribution in [2.45, 2.75) is 52.2 Å². The number of amides is 3. The van der Waals surface area contributed by atoms with E-state index in [-0.39, 0.29) is 42.8 Å². The first kappa shape index (κ1) is 16.6. The number of carbonyl (C=O) groups is 3. The summed E-state index contributed by atoms with van der Waals surface area (Å²) in [5.74, 6) is -0.730. The highest BCUT2D eigenvalue weighted by Gasteiger charge is 2.41. The lowest BCUT2D eigenvalue weighted by atomic mass is 10.2. The van der Waals surface area contributed by atoms with E-state index < -0.39 is 6.04 Å². The van der Waals surface area contributed by atoms with Crippen LogP contribution in [0.15, 0.2) is 0 Å². The van der Waals surface area contributed by atoms with Crippen molar-refractivity contribution in [1.82, 2.24) is 14.7 Å². The van der Waals surface area contributed by atoms with Crippen LogP contribution in [0.4, 0.5) is 0 Å². The Morgan fingerprint density at radius 2 is 1.70 bits per heavy atom. The van der Waals surface area contributed by atoms with Gasteiger partial charge in [-0.25, -0.2) is 0 Å². The van der Waals surface area contributed by atoms with Crippen LogP contribution in [0.5, 0.6) is 0 Å². The number of nitrogens with zero attached hydrogens (tertiary/aromatic N) is 3. The summed E-state index contributed by atoms with van der Waals surface area (Å²) in [6, 6.07) is -0.359. The van der Waals surface area contributed by atoms with E-state index in [9.17, 15) is 14.4 Å². The van der Waals surface area contributed by atoms with Crippen molar-refractivity contribution in [2.24, 2.45) is 0 Å². The minimum Gasteiger partial charge on any atom is -0.336 e. The molecule has 1 aliphatic heterocycles. The van der Waals surface area contributed by atoms with Gasteiger partial charge >= 0.3 is 0 Å². The fraction of sp³-hybridized carbons (Fsp3) is 0.786. The predicted octanol–water partition coefficient (Wildman–Crippen LogP) is 0.321. The topological polar surface area (TPSA) is 60.9 Å². The maximum absolute atomic E-state index is 12.3. The fourth-order valence-electron chi connectivity index (χ4n) is 2.62. The molecule has 6 nitrogen and oxygen atoms in total. The number of carbonyl (C=O) groups excluding carboxylic acids is 3. The maximum Gasteiger partial charge on any atom is 0.247 e. The average Bonchev–Trinajstić information content (AvgIpc) is 2.56. The zero-order chi connectivity index (χ0) is 15.6. The summed E-state index contributed by atoms with van der Waals surface area (Å²) in [5.41, 5.74) is 0. The minimum absolute atomic E-state index is 0.0416. The van der Waals surface area contributed by atoms with Crippen LogP contribution in [-0.2, 0) is 14.4 Å². The predicted molar refractivity (Wildman–Crippen MR) is 75.9 cm³/mol. The molecule has 0 radical (unpaired) electrons. The lowest BCUT2D eigenvalue weighted by Gasteiger charge is -2.32. The quantitative estimate of drug-likeness (QED) is 0.682. The van der Waals surface area contributed by atoms with E-state index in [0.29, 0.717) is 0 Å². The first-order chi connectivity index (χ1) is 9.16. The van der Waals surface area contributed by atoms with Gasteiger partial charge in [0.15, 0.2) is 0 Å². The van der Waals surface area contributed by atoms with Crippen LogP contribution in [0.25, 0.3) is 0 Å². The number of imide groups is 1. The van der Waals surface area contributed by atoms with Crippen molar-refractivity contribution >= 4 is 17.7 Å². The summed E-state index contributed by atoms with van der Waals surface area (Å²) in [6.45, 7) is 7.54. The van der Waals surface area contributed by atoms with Crippen molar-refractivity contribution in [1.29, 1.82) is 0 Å². The molecule has 20 heavy (non-hydrogen) atoms. The number of likely N-dealkylation sites (tertiary alicyclic amines) is 1. The second kappa shape index (κ2) is 6.35. The lowest BCUT2D eigenvalue weighted by Crippen LogP contribution is -2.49. The molecule has 0 aliphatic carbocycles. The molecule has 0 N–H and O–H groups in total. The third kappa shape index (κ3) is 3.36. The number of likely N-dealkylation sites (N-methyl/N-ethyl adjacent to an activating group) is 1. The van der Waals surface area contributed by atoms with E-state index in [1.807, 2.05) is 27.7 Å². The number of hydrogen-bond donors (Lipinski definition) is 0. The van der Waals surface area contributed by atoms with Crippen LogP contribution in [0.2, 0.25) is 0 Å². The fourth-order valence-corrected chi connectivity index (χ4v) is 2.62. The SMILES string of the molecule is CC(C)N(C(=O)CN1C(=O)C[C@@H](N(C)C)C1=O)C(C)C. The van der Waals surface area contributed by atoms with Crippen molar-refractivity contribution in [3.05, 3.63) is 0 Å².